The maximum absolute atomic E-state index is 14.3. The fourth-order valence-electron chi connectivity index (χ4n) is 6.38. The van der Waals surface area contributed by atoms with Crippen molar-refractivity contribution in [1.82, 2.24) is 4.90 Å². The predicted molar refractivity (Wildman–Crippen MR) is 116 cm³/mol. The van der Waals surface area contributed by atoms with Crippen LogP contribution in [0.25, 0.3) is 0 Å². The maximum atomic E-state index is 14.3. The molecule has 0 saturated carbocycles. The number of imide groups is 1. The number of ether oxygens (including phenoxy) is 1. The lowest BCUT2D eigenvalue weighted by Crippen LogP contribution is -2.54. The van der Waals surface area contributed by atoms with Gasteiger partial charge in [-0.05, 0) is 43.7 Å². The van der Waals surface area contributed by atoms with Crippen molar-refractivity contribution in [3.63, 3.8) is 0 Å². The third-order valence-corrected chi connectivity index (χ3v) is 7.57. The number of methoxy groups -OCH3 is 1. The Bertz CT molecular complexity index is 1310. The number of amides is 3. The molecule has 1 spiro atoms. The SMILES string of the molecule is COc1cc([N+](=O)[O-])ccc1N1C(=O)[C@@H]2[C@H]3CCCN3[C@@]3(C(=O)Nc4ccc(F)cc43)[C@@H]2C1=O. The van der Waals surface area contributed by atoms with Gasteiger partial charge in [-0.15, -0.1) is 0 Å². The van der Waals surface area contributed by atoms with Gasteiger partial charge in [-0.2, -0.15) is 0 Å². The summed E-state index contributed by atoms with van der Waals surface area (Å²) in [5, 5.41) is 14.0. The summed E-state index contributed by atoms with van der Waals surface area (Å²) in [5.41, 5.74) is -0.897. The number of fused-ring (bicyclic) bond motifs is 7. The summed E-state index contributed by atoms with van der Waals surface area (Å²) >= 11 is 0. The number of anilines is 2. The monoisotopic (exact) mass is 466 g/mol. The second-order valence-corrected chi connectivity index (χ2v) is 8.94. The lowest BCUT2D eigenvalue weighted by Gasteiger charge is -2.36. The van der Waals surface area contributed by atoms with Crippen molar-refractivity contribution in [2.45, 2.75) is 24.4 Å². The Morgan fingerprint density at radius 3 is 2.71 bits per heavy atom. The molecule has 3 fully saturated rings. The Labute approximate surface area is 192 Å². The van der Waals surface area contributed by atoms with Crippen molar-refractivity contribution in [2.75, 3.05) is 23.9 Å². The normalized spacial score (nSPS) is 29.4. The van der Waals surface area contributed by atoms with Crippen LogP contribution in [-0.2, 0) is 19.9 Å². The number of nitro groups is 1. The molecule has 4 atom stereocenters. The summed E-state index contributed by atoms with van der Waals surface area (Å²) in [6, 6.07) is 7.24. The van der Waals surface area contributed by atoms with E-state index in [0.29, 0.717) is 24.2 Å². The first kappa shape index (κ1) is 20.7. The van der Waals surface area contributed by atoms with Crippen LogP contribution in [0.1, 0.15) is 18.4 Å². The number of halogens is 1. The van der Waals surface area contributed by atoms with Crippen molar-refractivity contribution in [2.24, 2.45) is 11.8 Å². The average molecular weight is 466 g/mol. The van der Waals surface area contributed by atoms with E-state index in [1.54, 1.807) is 0 Å². The average Bonchev–Trinajstić information content (AvgIpc) is 3.52. The predicted octanol–water partition coefficient (Wildman–Crippen LogP) is 2.17. The van der Waals surface area contributed by atoms with E-state index >= 15 is 0 Å². The van der Waals surface area contributed by atoms with Gasteiger partial charge in [-0.3, -0.25) is 29.4 Å². The topological polar surface area (TPSA) is 122 Å². The summed E-state index contributed by atoms with van der Waals surface area (Å²) in [5.74, 6) is -3.97. The lowest BCUT2D eigenvalue weighted by molar-refractivity contribution is -0.384. The zero-order valence-electron chi connectivity index (χ0n) is 18.0. The van der Waals surface area contributed by atoms with Gasteiger partial charge in [0.2, 0.25) is 17.7 Å². The number of nitro benzene ring substituents is 1. The second kappa shape index (κ2) is 6.83. The summed E-state index contributed by atoms with van der Waals surface area (Å²) in [6.07, 6.45) is 1.35. The van der Waals surface area contributed by atoms with E-state index in [2.05, 4.69) is 5.32 Å². The van der Waals surface area contributed by atoms with Gasteiger partial charge in [-0.1, -0.05) is 0 Å². The summed E-state index contributed by atoms with van der Waals surface area (Å²) in [7, 11) is 1.29. The molecule has 11 heteroatoms. The second-order valence-electron chi connectivity index (χ2n) is 8.94. The number of benzene rings is 2. The van der Waals surface area contributed by atoms with Crippen LogP contribution in [-0.4, -0.2) is 47.2 Å². The smallest absolute Gasteiger partial charge is 0.273 e. The number of nitrogens with one attached hydrogen (secondary N) is 1. The number of non-ortho nitro benzene ring substituents is 1. The molecule has 3 saturated heterocycles. The molecule has 34 heavy (non-hydrogen) atoms. The molecule has 3 amide bonds. The fourth-order valence-corrected chi connectivity index (χ4v) is 6.38. The number of hydrogen-bond acceptors (Lipinski definition) is 7. The summed E-state index contributed by atoms with van der Waals surface area (Å²) in [4.78, 5) is 54.7. The number of nitrogens with zero attached hydrogens (tertiary/aromatic N) is 3. The minimum Gasteiger partial charge on any atom is -0.494 e. The Hall–Kier alpha value is -3.86. The zero-order chi connectivity index (χ0) is 23.9. The first-order chi connectivity index (χ1) is 16.3. The maximum Gasteiger partial charge on any atom is 0.273 e. The van der Waals surface area contributed by atoms with Crippen LogP contribution in [0, 0.1) is 27.8 Å². The molecule has 6 rings (SSSR count). The van der Waals surface area contributed by atoms with Gasteiger partial charge in [0.05, 0.1) is 35.6 Å². The van der Waals surface area contributed by atoms with E-state index in [4.69, 9.17) is 4.74 Å². The van der Waals surface area contributed by atoms with Crippen molar-refractivity contribution >= 4 is 34.8 Å². The highest BCUT2D eigenvalue weighted by Gasteiger charge is 2.74. The van der Waals surface area contributed by atoms with E-state index in [-0.39, 0.29) is 23.2 Å². The lowest BCUT2D eigenvalue weighted by atomic mass is 9.75. The van der Waals surface area contributed by atoms with Gasteiger partial charge >= 0.3 is 0 Å². The largest absolute Gasteiger partial charge is 0.494 e. The first-order valence-corrected chi connectivity index (χ1v) is 10.9. The van der Waals surface area contributed by atoms with Gasteiger partial charge in [0.25, 0.3) is 5.69 Å². The number of carbonyl (C=O) groups excluding carboxylic acids is 3. The van der Waals surface area contributed by atoms with Crippen LogP contribution in [0.5, 0.6) is 5.75 Å². The van der Waals surface area contributed by atoms with E-state index in [9.17, 15) is 28.9 Å². The van der Waals surface area contributed by atoms with Crippen LogP contribution < -0.4 is 15.0 Å². The van der Waals surface area contributed by atoms with Gasteiger partial charge in [0, 0.05) is 23.4 Å². The van der Waals surface area contributed by atoms with Crippen LogP contribution in [0.15, 0.2) is 36.4 Å². The minimum atomic E-state index is -1.50. The number of rotatable bonds is 3. The van der Waals surface area contributed by atoms with Gasteiger partial charge < -0.3 is 10.1 Å². The van der Waals surface area contributed by atoms with Gasteiger partial charge in [0.15, 0.2) is 0 Å². The molecule has 4 aliphatic heterocycles. The fraction of sp³-hybridized carbons (Fsp3) is 0.348. The molecule has 4 heterocycles. The van der Waals surface area contributed by atoms with E-state index in [1.165, 1.54) is 37.4 Å². The molecule has 2 aromatic rings. The molecule has 0 radical (unpaired) electrons. The molecular formula is C23H19FN4O6. The Morgan fingerprint density at radius 1 is 1.18 bits per heavy atom. The Balaban J connectivity index is 1.53. The molecular weight excluding hydrogens is 447 g/mol. The molecule has 0 unspecified atom stereocenters. The zero-order valence-corrected chi connectivity index (χ0v) is 18.0. The molecule has 4 aliphatic rings. The third kappa shape index (κ3) is 2.34. The Morgan fingerprint density at radius 2 is 1.97 bits per heavy atom. The molecule has 1 N–H and O–H groups in total. The molecule has 0 bridgehead atoms. The highest BCUT2D eigenvalue weighted by Crippen LogP contribution is 2.61. The number of carbonyl (C=O) groups is 3. The standard InChI is InChI=1S/C23H19FN4O6/c1-34-17-10-12(28(32)33)5-7-15(17)27-20(29)18-16-3-2-8-26(16)23(19(18)21(27)30)13-9-11(24)4-6-14(13)25-22(23)31/h4-7,9-10,16,18-19H,2-3,8H2,1H3,(H,25,31)/t16-,18-,19+,23-/m1/s1. The molecule has 0 aromatic heterocycles. The molecule has 174 valence electrons. The van der Waals surface area contributed by atoms with Crippen LogP contribution in [0.3, 0.4) is 0 Å². The molecule has 10 nitrogen and oxygen atoms in total. The first-order valence-electron chi connectivity index (χ1n) is 10.9. The van der Waals surface area contributed by atoms with E-state index in [1.807, 2.05) is 4.90 Å². The third-order valence-electron chi connectivity index (χ3n) is 7.57. The van der Waals surface area contributed by atoms with Crippen LogP contribution in [0.2, 0.25) is 0 Å². The summed E-state index contributed by atoms with van der Waals surface area (Å²) < 4.78 is 19.6. The van der Waals surface area contributed by atoms with E-state index in [0.717, 1.165) is 17.4 Å². The highest BCUT2D eigenvalue weighted by molar-refractivity contribution is 6.26. The number of hydrogen-bond donors (Lipinski definition) is 1. The summed E-state index contributed by atoms with van der Waals surface area (Å²) in [6.45, 7) is 0.502. The van der Waals surface area contributed by atoms with Crippen molar-refractivity contribution in [3.05, 3.63) is 57.9 Å². The van der Waals surface area contributed by atoms with Crippen molar-refractivity contribution < 1.29 is 28.4 Å². The van der Waals surface area contributed by atoms with Crippen LogP contribution in [0.4, 0.5) is 21.5 Å². The van der Waals surface area contributed by atoms with E-state index < -0.39 is 45.8 Å². The molecule has 2 aromatic carbocycles. The van der Waals surface area contributed by atoms with Gasteiger partial charge in [0.1, 0.15) is 17.1 Å². The van der Waals surface area contributed by atoms with Gasteiger partial charge in [-0.25, -0.2) is 9.29 Å². The quantitative estimate of drug-likeness (QED) is 0.418. The van der Waals surface area contributed by atoms with Crippen molar-refractivity contribution in [1.29, 1.82) is 0 Å². The highest BCUT2D eigenvalue weighted by atomic mass is 19.1. The van der Waals surface area contributed by atoms with Crippen LogP contribution >= 0.6 is 0 Å². The molecule has 0 aliphatic carbocycles. The van der Waals surface area contributed by atoms with Crippen molar-refractivity contribution in [3.8, 4) is 5.75 Å². The minimum absolute atomic E-state index is 0.00415. The Kier molecular flexibility index (Phi) is 4.16.